The molecule has 3 aromatic rings. The van der Waals surface area contributed by atoms with Crippen LogP contribution < -0.4 is 5.43 Å². The number of fused-ring (bicyclic) bond motifs is 1. The zero-order valence-electron chi connectivity index (χ0n) is 17.9. The number of hydrogen-bond donors (Lipinski definition) is 2. The fourth-order valence-electron chi connectivity index (χ4n) is 3.93. The van der Waals surface area contributed by atoms with Gasteiger partial charge in [-0.2, -0.15) is 0 Å². The summed E-state index contributed by atoms with van der Waals surface area (Å²) in [6, 6.07) is 9.79. The fraction of sp³-hybridized carbons (Fsp3) is 0.280. The Kier molecular flexibility index (Phi) is 7.58. The van der Waals surface area contributed by atoms with E-state index in [0.29, 0.717) is 23.4 Å². The van der Waals surface area contributed by atoms with Crippen molar-refractivity contribution in [3.8, 4) is 5.75 Å². The Morgan fingerprint density at radius 2 is 1.94 bits per heavy atom. The number of phenols is 1. The number of para-hydroxylation sites is 1. The maximum absolute atomic E-state index is 13.2. The van der Waals surface area contributed by atoms with E-state index in [2.05, 4.69) is 0 Å². The van der Waals surface area contributed by atoms with Gasteiger partial charge in [-0.25, -0.2) is 0 Å². The van der Waals surface area contributed by atoms with Gasteiger partial charge in [-0.15, -0.1) is 0 Å². The van der Waals surface area contributed by atoms with Crippen LogP contribution in [0.25, 0.3) is 11.0 Å². The molecular formula is C25H22Cl2O7. The van der Waals surface area contributed by atoms with Crippen molar-refractivity contribution < 1.29 is 28.9 Å². The van der Waals surface area contributed by atoms with E-state index in [4.69, 9.17) is 42.2 Å². The first-order valence-electron chi connectivity index (χ1n) is 10.7. The van der Waals surface area contributed by atoms with Gasteiger partial charge in [0.05, 0.1) is 28.7 Å². The van der Waals surface area contributed by atoms with Crippen LogP contribution in [0.1, 0.15) is 42.8 Å². The average molecular weight is 505 g/mol. The van der Waals surface area contributed by atoms with Crippen molar-refractivity contribution in [3.63, 3.8) is 0 Å². The van der Waals surface area contributed by atoms with Crippen molar-refractivity contribution >= 4 is 40.1 Å². The number of aliphatic carboxylic acids is 1. The van der Waals surface area contributed by atoms with Crippen LogP contribution >= 0.6 is 23.2 Å². The van der Waals surface area contributed by atoms with Crippen molar-refractivity contribution in [2.75, 3.05) is 6.61 Å². The minimum absolute atomic E-state index is 0.0465. The summed E-state index contributed by atoms with van der Waals surface area (Å²) >= 11 is 12.2. The largest absolute Gasteiger partial charge is 0.508 e. The van der Waals surface area contributed by atoms with Crippen molar-refractivity contribution in [3.05, 3.63) is 86.2 Å². The molecule has 1 fully saturated rings. The molecule has 34 heavy (non-hydrogen) atoms. The molecular weight excluding hydrogens is 483 g/mol. The van der Waals surface area contributed by atoms with Gasteiger partial charge in [0.2, 0.25) is 5.43 Å². The molecule has 1 aliphatic rings. The standard InChI is InChI=1S/C25H22Cl2O7/c26-15-10-17-22(31)18(13-32-24(17)19(27)11-15)25-33-12-14(6-2-1-3-9-21(29)30)23(34-25)16-7-4-5-8-20(16)28/h1-2,4-5,7-8,10-11,13-14,23,25,28H,3,6,9,12H2,(H,29,30). The van der Waals surface area contributed by atoms with Crippen molar-refractivity contribution in [1.29, 1.82) is 0 Å². The summed E-state index contributed by atoms with van der Waals surface area (Å²) in [5.74, 6) is -0.972. The number of allylic oxidation sites excluding steroid dienone is 2. The van der Waals surface area contributed by atoms with Gasteiger partial charge in [0, 0.05) is 22.9 Å². The van der Waals surface area contributed by atoms with E-state index >= 15 is 0 Å². The minimum Gasteiger partial charge on any atom is -0.508 e. The molecule has 1 saturated heterocycles. The second kappa shape index (κ2) is 10.6. The van der Waals surface area contributed by atoms with Crippen molar-refractivity contribution in [2.24, 2.45) is 5.92 Å². The molecule has 9 heteroatoms. The summed E-state index contributed by atoms with van der Waals surface area (Å²) in [7, 11) is 0. The number of phenolic OH excluding ortho intramolecular Hbond substituents is 1. The number of carboxylic acid groups (broad SMARTS) is 1. The second-order valence-corrected chi connectivity index (χ2v) is 8.81. The van der Waals surface area contributed by atoms with Crippen LogP contribution in [0.5, 0.6) is 5.75 Å². The monoisotopic (exact) mass is 504 g/mol. The van der Waals surface area contributed by atoms with Gasteiger partial charge in [0.15, 0.2) is 11.9 Å². The van der Waals surface area contributed by atoms with Crippen LogP contribution in [0, 0.1) is 5.92 Å². The Morgan fingerprint density at radius 1 is 1.15 bits per heavy atom. The predicted octanol–water partition coefficient (Wildman–Crippen LogP) is 6.02. The number of benzene rings is 2. The number of aromatic hydroxyl groups is 1. The summed E-state index contributed by atoms with van der Waals surface area (Å²) in [6.07, 6.45) is 4.32. The van der Waals surface area contributed by atoms with Crippen LogP contribution in [-0.2, 0) is 14.3 Å². The fourth-order valence-corrected chi connectivity index (χ4v) is 4.47. The van der Waals surface area contributed by atoms with Crippen LogP contribution in [0.15, 0.2) is 64.0 Å². The van der Waals surface area contributed by atoms with Gasteiger partial charge in [0.25, 0.3) is 0 Å². The van der Waals surface area contributed by atoms with Crippen LogP contribution in [0.3, 0.4) is 0 Å². The van der Waals surface area contributed by atoms with E-state index in [0.717, 1.165) is 0 Å². The van der Waals surface area contributed by atoms with Crippen molar-refractivity contribution in [1.82, 2.24) is 0 Å². The molecule has 2 heterocycles. The third-order valence-corrected chi connectivity index (χ3v) is 6.11. The Bertz CT molecular complexity index is 1280. The van der Waals surface area contributed by atoms with Gasteiger partial charge in [-0.05, 0) is 31.0 Å². The van der Waals surface area contributed by atoms with E-state index in [-0.39, 0.29) is 51.7 Å². The Labute approximate surface area is 205 Å². The molecule has 0 saturated carbocycles. The van der Waals surface area contributed by atoms with E-state index in [1.54, 1.807) is 30.3 Å². The van der Waals surface area contributed by atoms with E-state index < -0.39 is 18.4 Å². The number of carbonyl (C=O) groups is 1. The lowest BCUT2D eigenvalue weighted by Crippen LogP contribution is -2.32. The maximum Gasteiger partial charge on any atom is 0.303 e. The second-order valence-electron chi connectivity index (χ2n) is 7.96. The number of rotatable bonds is 7. The molecule has 1 aliphatic heterocycles. The zero-order chi connectivity index (χ0) is 24.2. The molecule has 0 aliphatic carbocycles. The molecule has 7 nitrogen and oxygen atoms in total. The SMILES string of the molecule is O=C(O)CCC=CCC1COC(c2coc3c(Cl)cc(Cl)cc3c2=O)OC1c1ccccc1O. The average Bonchev–Trinajstić information content (AvgIpc) is 2.80. The van der Waals surface area contributed by atoms with Crippen LogP contribution in [0.2, 0.25) is 10.0 Å². The molecule has 0 amide bonds. The minimum atomic E-state index is -1.03. The van der Waals surface area contributed by atoms with E-state index in [1.807, 2.05) is 6.08 Å². The van der Waals surface area contributed by atoms with Crippen molar-refractivity contribution in [2.45, 2.75) is 31.7 Å². The quantitative estimate of drug-likeness (QED) is 0.378. The highest BCUT2D eigenvalue weighted by Crippen LogP contribution is 2.42. The molecule has 178 valence electrons. The van der Waals surface area contributed by atoms with E-state index in [1.165, 1.54) is 18.4 Å². The number of carboxylic acids is 1. The van der Waals surface area contributed by atoms with Gasteiger partial charge < -0.3 is 24.1 Å². The third kappa shape index (κ3) is 5.28. The van der Waals surface area contributed by atoms with Crippen LogP contribution in [-0.4, -0.2) is 22.8 Å². The summed E-state index contributed by atoms with van der Waals surface area (Å²) < 4.78 is 17.7. The summed E-state index contributed by atoms with van der Waals surface area (Å²) in [6.45, 7) is 0.237. The summed E-state index contributed by atoms with van der Waals surface area (Å²) in [4.78, 5) is 23.9. The number of hydrogen-bond acceptors (Lipinski definition) is 6. The highest BCUT2D eigenvalue weighted by molar-refractivity contribution is 6.38. The predicted molar refractivity (Wildman–Crippen MR) is 127 cm³/mol. The molecule has 2 N–H and O–H groups in total. The molecule has 2 aromatic carbocycles. The van der Waals surface area contributed by atoms with Crippen LogP contribution in [0.4, 0.5) is 0 Å². The molecule has 0 bridgehead atoms. The molecule has 4 rings (SSSR count). The lowest BCUT2D eigenvalue weighted by Gasteiger charge is -2.36. The number of halogens is 2. The first-order chi connectivity index (χ1) is 16.3. The molecule has 0 spiro atoms. The van der Waals surface area contributed by atoms with E-state index in [9.17, 15) is 14.7 Å². The lowest BCUT2D eigenvalue weighted by atomic mass is 9.91. The summed E-state index contributed by atoms with van der Waals surface area (Å²) in [5.41, 5.74) is 0.564. The normalized spacial score (nSPS) is 20.7. The van der Waals surface area contributed by atoms with Gasteiger partial charge in [-0.3, -0.25) is 9.59 Å². The first-order valence-corrected chi connectivity index (χ1v) is 11.4. The number of ether oxygens (including phenoxy) is 2. The van der Waals surface area contributed by atoms with Gasteiger partial charge in [0.1, 0.15) is 12.0 Å². The third-order valence-electron chi connectivity index (χ3n) is 5.61. The van der Waals surface area contributed by atoms with Gasteiger partial charge >= 0.3 is 5.97 Å². The zero-order valence-corrected chi connectivity index (χ0v) is 19.5. The topological polar surface area (TPSA) is 106 Å². The molecule has 3 unspecified atom stereocenters. The molecule has 1 aromatic heterocycles. The molecule has 3 atom stereocenters. The Balaban J connectivity index is 1.63. The maximum atomic E-state index is 13.2. The lowest BCUT2D eigenvalue weighted by molar-refractivity contribution is -0.244. The summed E-state index contributed by atoms with van der Waals surface area (Å²) in [5, 5.41) is 20.0. The highest BCUT2D eigenvalue weighted by atomic mass is 35.5. The highest BCUT2D eigenvalue weighted by Gasteiger charge is 2.36. The van der Waals surface area contributed by atoms with Gasteiger partial charge in [-0.1, -0.05) is 53.6 Å². The molecule has 0 radical (unpaired) electrons. The Morgan fingerprint density at radius 3 is 2.71 bits per heavy atom. The smallest absolute Gasteiger partial charge is 0.303 e. The first kappa shape index (κ1) is 24.3. The Hall–Kier alpha value is -2.84.